The molecule has 0 saturated carbocycles. The largest absolute Gasteiger partial charge is 0.500 e. The molecule has 0 bridgehead atoms. The van der Waals surface area contributed by atoms with Crippen LogP contribution in [-0.4, -0.2) is 18.0 Å². The molecule has 0 atom stereocenters. The molecule has 0 aliphatic heterocycles. The van der Waals surface area contributed by atoms with Gasteiger partial charge >= 0.3 is 0 Å². The quantitative estimate of drug-likeness (QED) is 0.124. The fourth-order valence-electron chi connectivity index (χ4n) is 6.02. The van der Waals surface area contributed by atoms with Crippen molar-refractivity contribution in [3.8, 4) is 33.6 Å². The maximum atomic E-state index is 6.06. The standard InChI is InChI=1S/C27H22NO.C17H22NSi.Ir/c1-17(2)20-12-13-28-25(16-20)22-9-11-27-24(15-22)23-14-21(8-10-26(23)29-27)19-6-4-18(3)5-7-19;1-13(2)15-11-16(14-9-7-6-8-10-14)18-12-17(15)19(3,4)5;/h4-8,10-17H,1-3H3;6-9,11-13H,1-5H3;/q2*-1;. The molecule has 0 spiro atoms. The van der Waals surface area contributed by atoms with Crippen LogP contribution in [0.5, 0.6) is 0 Å². The van der Waals surface area contributed by atoms with Crippen molar-refractivity contribution < 1.29 is 24.5 Å². The zero-order valence-electron chi connectivity index (χ0n) is 29.7. The van der Waals surface area contributed by atoms with Crippen molar-refractivity contribution in [2.75, 3.05) is 0 Å². The Morgan fingerprint density at radius 2 is 1.39 bits per heavy atom. The van der Waals surface area contributed by atoms with Gasteiger partial charge in [0.1, 0.15) is 5.58 Å². The van der Waals surface area contributed by atoms with E-state index in [1.807, 2.05) is 30.5 Å². The van der Waals surface area contributed by atoms with E-state index >= 15 is 0 Å². The van der Waals surface area contributed by atoms with E-state index in [-0.39, 0.29) is 20.1 Å². The summed E-state index contributed by atoms with van der Waals surface area (Å²) in [7, 11) is -1.34. The molecule has 5 heteroatoms. The van der Waals surface area contributed by atoms with Crippen LogP contribution >= 0.6 is 0 Å². The van der Waals surface area contributed by atoms with E-state index in [1.54, 1.807) is 0 Å². The third-order valence-electron chi connectivity index (χ3n) is 8.87. The van der Waals surface area contributed by atoms with Crippen LogP contribution in [0.25, 0.3) is 55.6 Å². The summed E-state index contributed by atoms with van der Waals surface area (Å²) in [5, 5.41) is 3.69. The van der Waals surface area contributed by atoms with Crippen molar-refractivity contribution in [2.24, 2.45) is 0 Å². The Morgan fingerprint density at radius 3 is 2.06 bits per heavy atom. The Kier molecular flexibility index (Phi) is 11.2. The zero-order chi connectivity index (χ0) is 34.0. The van der Waals surface area contributed by atoms with Gasteiger partial charge in [-0.2, -0.15) is 0 Å². The molecule has 4 aromatic carbocycles. The van der Waals surface area contributed by atoms with E-state index in [0.29, 0.717) is 11.8 Å². The molecule has 0 saturated heterocycles. The number of nitrogens with zero attached hydrogens (tertiary/aromatic N) is 2. The number of hydrogen-bond donors (Lipinski definition) is 0. The van der Waals surface area contributed by atoms with Gasteiger partial charge < -0.3 is 14.4 Å². The number of aryl methyl sites for hydroxylation is 1. The van der Waals surface area contributed by atoms with Gasteiger partial charge in [-0.3, -0.25) is 0 Å². The van der Waals surface area contributed by atoms with Gasteiger partial charge in [-0.1, -0.05) is 112 Å². The molecule has 3 heterocycles. The second-order valence-electron chi connectivity index (χ2n) is 14.3. The molecule has 7 aromatic rings. The topological polar surface area (TPSA) is 38.9 Å². The minimum absolute atomic E-state index is 0. The summed E-state index contributed by atoms with van der Waals surface area (Å²) >= 11 is 0. The van der Waals surface area contributed by atoms with Crippen molar-refractivity contribution in [1.82, 2.24) is 9.97 Å². The number of hydrogen-bond acceptors (Lipinski definition) is 3. The van der Waals surface area contributed by atoms with Crippen LogP contribution in [0.2, 0.25) is 19.6 Å². The molecule has 49 heavy (non-hydrogen) atoms. The van der Waals surface area contributed by atoms with Gasteiger partial charge in [0.25, 0.3) is 0 Å². The normalized spacial score (nSPS) is 11.5. The van der Waals surface area contributed by atoms with E-state index < -0.39 is 8.07 Å². The van der Waals surface area contributed by atoms with Crippen molar-refractivity contribution in [3.63, 3.8) is 0 Å². The summed E-state index contributed by atoms with van der Waals surface area (Å²) in [6.07, 6.45) is 3.98. The number of furan rings is 1. The van der Waals surface area contributed by atoms with E-state index in [0.717, 1.165) is 44.5 Å². The molecule has 0 N–H and O–H groups in total. The van der Waals surface area contributed by atoms with Crippen molar-refractivity contribution >= 4 is 35.2 Å². The van der Waals surface area contributed by atoms with Gasteiger partial charge in [0.05, 0.1) is 13.7 Å². The van der Waals surface area contributed by atoms with Crippen LogP contribution in [0.3, 0.4) is 0 Å². The smallest absolute Gasteiger partial charge is 0.121 e. The van der Waals surface area contributed by atoms with Gasteiger partial charge in [0.15, 0.2) is 0 Å². The molecule has 1 radical (unpaired) electrons. The zero-order valence-corrected chi connectivity index (χ0v) is 33.1. The van der Waals surface area contributed by atoms with Crippen LogP contribution in [0.1, 0.15) is 56.2 Å². The molecule has 0 aliphatic carbocycles. The van der Waals surface area contributed by atoms with E-state index in [1.165, 1.54) is 33.0 Å². The van der Waals surface area contributed by atoms with Crippen molar-refractivity contribution in [2.45, 2.75) is 66.1 Å². The van der Waals surface area contributed by atoms with Gasteiger partial charge in [-0.15, -0.1) is 59.7 Å². The second kappa shape index (κ2) is 15.2. The van der Waals surface area contributed by atoms with E-state index in [2.05, 4.69) is 155 Å². The van der Waals surface area contributed by atoms with E-state index in [9.17, 15) is 0 Å². The first-order chi connectivity index (χ1) is 23.0. The molecule has 0 amide bonds. The SMILES string of the molecule is CC(C)c1cc(-c2[c-]cccc2)ncc1[Si](C)(C)C.Cc1ccc(-c2ccc3oc4c[c-]c(-c5cc(C(C)C)ccn5)cc4c3c2)cc1.[Ir]. The molecular formula is C44H44IrN2OSi-2. The minimum Gasteiger partial charge on any atom is -0.500 e. The van der Waals surface area contributed by atoms with Crippen molar-refractivity contribution in [3.05, 3.63) is 138 Å². The van der Waals surface area contributed by atoms with Crippen molar-refractivity contribution in [1.29, 1.82) is 0 Å². The first-order valence-corrected chi connectivity index (χ1v) is 20.4. The predicted molar refractivity (Wildman–Crippen MR) is 206 cm³/mol. The van der Waals surface area contributed by atoms with Crippen LogP contribution in [0, 0.1) is 19.1 Å². The number of pyridine rings is 2. The molecule has 0 aliphatic rings. The van der Waals surface area contributed by atoms with Gasteiger partial charge in [0, 0.05) is 37.9 Å². The number of aromatic nitrogens is 2. The summed E-state index contributed by atoms with van der Waals surface area (Å²) in [6.45, 7) is 18.2. The molecule has 7 rings (SSSR count). The summed E-state index contributed by atoms with van der Waals surface area (Å²) < 4.78 is 6.06. The molecule has 251 valence electrons. The summed E-state index contributed by atoms with van der Waals surface area (Å²) in [5.74, 6) is 1.000. The van der Waals surface area contributed by atoms with Gasteiger partial charge in [0.2, 0.25) is 0 Å². The summed E-state index contributed by atoms with van der Waals surface area (Å²) in [5.41, 5.74) is 12.2. The predicted octanol–water partition coefficient (Wildman–Crippen LogP) is 11.8. The first kappa shape index (κ1) is 36.1. The Bertz CT molecular complexity index is 2180. The maximum Gasteiger partial charge on any atom is 0.121 e. The minimum atomic E-state index is -1.34. The molecule has 3 nitrogen and oxygen atoms in total. The fourth-order valence-corrected chi connectivity index (χ4v) is 7.70. The summed E-state index contributed by atoms with van der Waals surface area (Å²) in [4.78, 5) is 9.24. The van der Waals surface area contributed by atoms with Gasteiger partial charge in [-0.05, 0) is 64.7 Å². The Morgan fingerprint density at radius 1 is 0.673 bits per heavy atom. The van der Waals surface area contributed by atoms with E-state index in [4.69, 9.17) is 4.42 Å². The second-order valence-corrected chi connectivity index (χ2v) is 19.3. The molecule has 3 aromatic heterocycles. The van der Waals surface area contributed by atoms with Crippen LogP contribution in [0.4, 0.5) is 0 Å². The van der Waals surface area contributed by atoms with Crippen LogP contribution < -0.4 is 5.19 Å². The average molecular weight is 837 g/mol. The Balaban J connectivity index is 0.000000205. The maximum absolute atomic E-state index is 6.06. The number of rotatable bonds is 6. The Hall–Kier alpha value is -4.15. The summed E-state index contributed by atoms with van der Waals surface area (Å²) in [6, 6.07) is 40.2. The third kappa shape index (κ3) is 8.19. The average Bonchev–Trinajstić information content (AvgIpc) is 3.46. The molecular weight excluding hydrogens is 793 g/mol. The fraction of sp³-hybridized carbons (Fsp3) is 0.227. The molecule has 0 fully saturated rings. The van der Waals surface area contributed by atoms with Crippen LogP contribution in [0.15, 0.2) is 114 Å². The monoisotopic (exact) mass is 837 g/mol. The van der Waals surface area contributed by atoms with Gasteiger partial charge in [-0.25, -0.2) is 0 Å². The number of benzene rings is 4. The van der Waals surface area contributed by atoms with Crippen LogP contribution in [-0.2, 0) is 20.1 Å². The Labute approximate surface area is 306 Å². The molecule has 0 unspecified atom stereocenters. The third-order valence-corrected chi connectivity index (χ3v) is 10.9. The first-order valence-electron chi connectivity index (χ1n) is 16.9. The number of fused-ring (bicyclic) bond motifs is 3.